The van der Waals surface area contributed by atoms with Gasteiger partial charge in [-0.05, 0) is 81.4 Å². The summed E-state index contributed by atoms with van der Waals surface area (Å²) < 4.78 is 11.5. The van der Waals surface area contributed by atoms with Crippen LogP contribution in [0.3, 0.4) is 0 Å². The summed E-state index contributed by atoms with van der Waals surface area (Å²) in [6.07, 6.45) is 1.21. The molecule has 0 bridgehead atoms. The fraction of sp³-hybridized carbons (Fsp3) is 0.355. The molecule has 2 N–H and O–H groups in total. The summed E-state index contributed by atoms with van der Waals surface area (Å²) >= 11 is 0. The Morgan fingerprint density at radius 1 is 0.692 bits per heavy atom. The Morgan fingerprint density at radius 3 is 2.00 bits per heavy atom. The third-order valence-electron chi connectivity index (χ3n) is 7.31. The predicted molar refractivity (Wildman–Crippen MR) is 158 cm³/mol. The minimum absolute atomic E-state index is 0.571. The van der Waals surface area contributed by atoms with Crippen molar-refractivity contribution in [3.8, 4) is 34.3 Å². The summed E-state index contributed by atoms with van der Waals surface area (Å²) in [7, 11) is 0. The highest BCUT2D eigenvalue weighted by molar-refractivity contribution is 5.87. The van der Waals surface area contributed by atoms with E-state index in [1.165, 1.54) is 18.7 Å². The molecule has 5 aromatic rings. The number of benzene rings is 3. The van der Waals surface area contributed by atoms with Gasteiger partial charge in [0, 0.05) is 43.0 Å². The molecule has 3 aromatic carbocycles. The van der Waals surface area contributed by atoms with Crippen molar-refractivity contribution in [3.63, 3.8) is 0 Å². The van der Waals surface area contributed by atoms with Crippen molar-refractivity contribution in [1.82, 2.24) is 24.8 Å². The number of aromatic nitrogens is 4. The fourth-order valence-corrected chi connectivity index (χ4v) is 5.37. The Labute approximate surface area is 229 Å². The molecule has 0 atom stereocenters. The van der Waals surface area contributed by atoms with E-state index in [-0.39, 0.29) is 0 Å². The zero-order valence-corrected chi connectivity index (χ0v) is 23.0. The molecule has 1 saturated heterocycles. The lowest BCUT2D eigenvalue weighted by atomic mass is 10.2. The van der Waals surface area contributed by atoms with Crippen molar-refractivity contribution in [2.45, 2.75) is 27.2 Å². The van der Waals surface area contributed by atoms with Gasteiger partial charge in [-0.3, -0.25) is 4.90 Å². The van der Waals surface area contributed by atoms with Crippen molar-refractivity contribution in [1.29, 1.82) is 0 Å². The average Bonchev–Trinajstić information content (AvgIpc) is 3.58. The van der Waals surface area contributed by atoms with Gasteiger partial charge in [0.1, 0.15) is 11.6 Å². The van der Waals surface area contributed by atoms with Crippen LogP contribution in [-0.2, 0) is 0 Å². The standard InChI is InChI=1S/C31H36N6O2/c1-4-13-36-14-16-37(17-15-36)23-9-11-25-27(20-23)35-30(33-25)21-7-10-24-26(18-21)34-31(32-24)22-8-12-28(38-5-2)29(19-22)39-6-3/h7-12,18-20H,4-6,13-17H2,1-3H3,(H,32,34)(H,33,35). The number of rotatable bonds is 9. The number of hydrogen-bond donors (Lipinski definition) is 2. The fourth-order valence-electron chi connectivity index (χ4n) is 5.37. The van der Waals surface area contributed by atoms with Crippen LogP contribution in [0, 0.1) is 0 Å². The summed E-state index contributed by atoms with van der Waals surface area (Å²) in [5.74, 6) is 3.11. The second-order valence-corrected chi connectivity index (χ2v) is 9.96. The normalized spacial score (nSPS) is 14.4. The van der Waals surface area contributed by atoms with E-state index in [2.05, 4.69) is 57.0 Å². The van der Waals surface area contributed by atoms with Gasteiger partial charge < -0.3 is 24.3 Å². The molecule has 0 saturated carbocycles. The van der Waals surface area contributed by atoms with Crippen LogP contribution in [0.25, 0.3) is 44.8 Å². The largest absolute Gasteiger partial charge is 0.490 e. The zero-order chi connectivity index (χ0) is 26.8. The number of nitrogens with zero attached hydrogens (tertiary/aromatic N) is 4. The first-order valence-electron chi connectivity index (χ1n) is 14.0. The van der Waals surface area contributed by atoms with Gasteiger partial charge in [0.2, 0.25) is 0 Å². The molecule has 3 heterocycles. The molecule has 0 radical (unpaired) electrons. The topological polar surface area (TPSA) is 82.3 Å². The number of hydrogen-bond acceptors (Lipinski definition) is 6. The van der Waals surface area contributed by atoms with E-state index >= 15 is 0 Å². The number of fused-ring (bicyclic) bond motifs is 2. The minimum Gasteiger partial charge on any atom is -0.490 e. The van der Waals surface area contributed by atoms with Crippen LogP contribution in [0.15, 0.2) is 54.6 Å². The highest BCUT2D eigenvalue weighted by Crippen LogP contribution is 2.33. The van der Waals surface area contributed by atoms with Crippen molar-refractivity contribution < 1.29 is 9.47 Å². The molecule has 8 heteroatoms. The molecule has 202 valence electrons. The first-order chi connectivity index (χ1) is 19.1. The smallest absolute Gasteiger partial charge is 0.161 e. The maximum Gasteiger partial charge on any atom is 0.161 e. The molecule has 6 rings (SSSR count). The number of H-pyrrole nitrogens is 2. The molecule has 0 spiro atoms. The lowest BCUT2D eigenvalue weighted by Gasteiger charge is -2.36. The van der Waals surface area contributed by atoms with Gasteiger partial charge in [0.15, 0.2) is 11.5 Å². The molecular formula is C31H36N6O2. The molecule has 0 amide bonds. The SMILES string of the molecule is CCCN1CCN(c2ccc3nc(-c4ccc5nc(-c6ccc(OCC)c(OCC)c6)[nH]c5c4)[nH]c3c2)CC1. The lowest BCUT2D eigenvalue weighted by Crippen LogP contribution is -2.46. The third kappa shape index (κ3) is 5.16. The predicted octanol–water partition coefficient (Wildman–Crippen LogP) is 6.10. The number of imidazole rings is 2. The summed E-state index contributed by atoms with van der Waals surface area (Å²) in [6.45, 7) is 12.9. The Hall–Kier alpha value is -4.04. The zero-order valence-electron chi connectivity index (χ0n) is 23.0. The molecular weight excluding hydrogens is 488 g/mol. The molecule has 1 aliphatic rings. The molecule has 39 heavy (non-hydrogen) atoms. The molecule has 2 aromatic heterocycles. The maximum atomic E-state index is 5.81. The van der Waals surface area contributed by atoms with Crippen LogP contribution in [0.1, 0.15) is 27.2 Å². The second kappa shape index (κ2) is 11.0. The summed E-state index contributed by atoms with van der Waals surface area (Å²) in [5, 5.41) is 0. The second-order valence-electron chi connectivity index (χ2n) is 9.96. The highest BCUT2D eigenvalue weighted by atomic mass is 16.5. The molecule has 0 unspecified atom stereocenters. The van der Waals surface area contributed by atoms with Crippen LogP contribution in [-0.4, -0.2) is 70.8 Å². The Bertz CT molecular complexity index is 1580. The van der Waals surface area contributed by atoms with E-state index in [1.807, 2.05) is 38.1 Å². The van der Waals surface area contributed by atoms with Crippen molar-refractivity contribution in [3.05, 3.63) is 54.6 Å². The van der Waals surface area contributed by atoms with E-state index in [0.29, 0.717) is 13.2 Å². The van der Waals surface area contributed by atoms with Gasteiger partial charge >= 0.3 is 0 Å². The van der Waals surface area contributed by atoms with Crippen molar-refractivity contribution in [2.24, 2.45) is 0 Å². The van der Waals surface area contributed by atoms with Gasteiger partial charge in [-0.2, -0.15) is 0 Å². The maximum absolute atomic E-state index is 5.81. The van der Waals surface area contributed by atoms with Gasteiger partial charge in [0.05, 0.1) is 35.3 Å². The monoisotopic (exact) mass is 524 g/mol. The Balaban J connectivity index is 1.25. The molecule has 8 nitrogen and oxygen atoms in total. The summed E-state index contributed by atoms with van der Waals surface area (Å²) in [5.41, 5.74) is 7.12. The third-order valence-corrected chi connectivity index (χ3v) is 7.31. The summed E-state index contributed by atoms with van der Waals surface area (Å²) in [6, 6.07) is 18.7. The lowest BCUT2D eigenvalue weighted by molar-refractivity contribution is 0.258. The van der Waals surface area contributed by atoms with E-state index in [1.54, 1.807) is 0 Å². The van der Waals surface area contributed by atoms with Gasteiger partial charge in [-0.15, -0.1) is 0 Å². The first-order valence-corrected chi connectivity index (χ1v) is 14.0. The van der Waals surface area contributed by atoms with Crippen LogP contribution in [0.2, 0.25) is 0 Å². The van der Waals surface area contributed by atoms with Crippen molar-refractivity contribution in [2.75, 3.05) is 50.8 Å². The van der Waals surface area contributed by atoms with Crippen LogP contribution in [0.4, 0.5) is 5.69 Å². The first kappa shape index (κ1) is 25.2. The Kier molecular flexibility index (Phi) is 7.11. The number of anilines is 1. The number of nitrogens with one attached hydrogen (secondary N) is 2. The summed E-state index contributed by atoms with van der Waals surface area (Å²) in [4.78, 5) is 21.8. The van der Waals surface area contributed by atoms with Gasteiger partial charge in [0.25, 0.3) is 0 Å². The van der Waals surface area contributed by atoms with Crippen molar-refractivity contribution >= 4 is 27.8 Å². The van der Waals surface area contributed by atoms with Gasteiger partial charge in [-0.25, -0.2) is 9.97 Å². The number of piperazine rings is 1. The molecule has 0 aliphatic carbocycles. The highest BCUT2D eigenvalue weighted by Gasteiger charge is 2.18. The quantitative estimate of drug-likeness (QED) is 0.242. The molecule has 1 fully saturated rings. The van der Waals surface area contributed by atoms with Crippen LogP contribution in [0.5, 0.6) is 11.5 Å². The van der Waals surface area contributed by atoms with E-state index < -0.39 is 0 Å². The van der Waals surface area contributed by atoms with E-state index in [0.717, 1.165) is 82.5 Å². The van der Waals surface area contributed by atoms with Gasteiger partial charge in [-0.1, -0.05) is 6.92 Å². The average molecular weight is 525 g/mol. The Morgan fingerprint density at radius 2 is 1.31 bits per heavy atom. The van der Waals surface area contributed by atoms with Crippen LogP contribution < -0.4 is 14.4 Å². The number of ether oxygens (including phenoxy) is 2. The van der Waals surface area contributed by atoms with Crippen LogP contribution >= 0.6 is 0 Å². The number of aromatic amines is 2. The van der Waals surface area contributed by atoms with E-state index in [9.17, 15) is 0 Å². The molecule has 1 aliphatic heterocycles. The minimum atomic E-state index is 0.571. The van der Waals surface area contributed by atoms with E-state index in [4.69, 9.17) is 19.4 Å².